The largest absolute Gasteiger partial charge is 0.310 e. The maximum Gasteiger partial charge on any atom is 0.127 e. The molecular formula is C16H24FN. The van der Waals surface area contributed by atoms with Gasteiger partial charge in [0.1, 0.15) is 5.82 Å². The second kappa shape index (κ2) is 6.33. The van der Waals surface area contributed by atoms with Crippen molar-refractivity contribution in [1.29, 1.82) is 0 Å². The van der Waals surface area contributed by atoms with Gasteiger partial charge in [-0.3, -0.25) is 0 Å². The molecule has 0 spiro atoms. The monoisotopic (exact) mass is 249 g/mol. The summed E-state index contributed by atoms with van der Waals surface area (Å²) in [7, 11) is 0. The first kappa shape index (κ1) is 13.5. The molecule has 18 heavy (non-hydrogen) atoms. The van der Waals surface area contributed by atoms with Crippen molar-refractivity contribution in [3.63, 3.8) is 0 Å². The van der Waals surface area contributed by atoms with E-state index in [9.17, 15) is 4.39 Å². The first-order chi connectivity index (χ1) is 8.70. The molecule has 0 heterocycles. The highest BCUT2D eigenvalue weighted by Crippen LogP contribution is 2.36. The average Bonchev–Trinajstić information content (AvgIpc) is 3.17. The van der Waals surface area contributed by atoms with Crippen molar-refractivity contribution in [2.45, 2.75) is 52.0 Å². The Morgan fingerprint density at radius 3 is 2.83 bits per heavy atom. The van der Waals surface area contributed by atoms with Crippen LogP contribution in [0.2, 0.25) is 0 Å². The van der Waals surface area contributed by atoms with E-state index < -0.39 is 0 Å². The third kappa shape index (κ3) is 3.81. The Balaban J connectivity index is 2.06. The fraction of sp³-hybridized carbons (Fsp3) is 0.625. The van der Waals surface area contributed by atoms with E-state index in [1.54, 1.807) is 6.07 Å². The molecule has 0 saturated heterocycles. The number of aryl methyl sites for hydroxylation is 1. The minimum atomic E-state index is -0.0648. The van der Waals surface area contributed by atoms with Gasteiger partial charge in [-0.15, -0.1) is 0 Å². The van der Waals surface area contributed by atoms with Crippen LogP contribution in [0.5, 0.6) is 0 Å². The number of hydrogen-bond acceptors (Lipinski definition) is 1. The van der Waals surface area contributed by atoms with Gasteiger partial charge in [0.05, 0.1) is 0 Å². The Bertz CT molecular complexity index is 385. The molecule has 1 aromatic carbocycles. The van der Waals surface area contributed by atoms with Gasteiger partial charge in [0.2, 0.25) is 0 Å². The van der Waals surface area contributed by atoms with Gasteiger partial charge in [-0.1, -0.05) is 37.5 Å². The topological polar surface area (TPSA) is 12.0 Å². The van der Waals surface area contributed by atoms with Crippen LogP contribution in [0.4, 0.5) is 4.39 Å². The van der Waals surface area contributed by atoms with Crippen LogP contribution in [0.3, 0.4) is 0 Å². The fourth-order valence-corrected chi connectivity index (χ4v) is 2.43. The first-order valence-corrected chi connectivity index (χ1v) is 7.20. The van der Waals surface area contributed by atoms with Crippen LogP contribution in [0, 0.1) is 18.7 Å². The normalized spacial score (nSPS) is 16.8. The second-order valence-electron chi connectivity index (χ2n) is 5.55. The summed E-state index contributed by atoms with van der Waals surface area (Å²) in [5.74, 6) is 0.841. The minimum absolute atomic E-state index is 0.0648. The van der Waals surface area contributed by atoms with E-state index in [1.807, 2.05) is 19.1 Å². The molecular weight excluding hydrogens is 225 g/mol. The lowest BCUT2D eigenvalue weighted by atomic mass is 9.98. The zero-order chi connectivity index (χ0) is 13.0. The van der Waals surface area contributed by atoms with Crippen molar-refractivity contribution in [3.05, 3.63) is 35.1 Å². The van der Waals surface area contributed by atoms with Gasteiger partial charge in [0, 0.05) is 11.6 Å². The minimum Gasteiger partial charge on any atom is -0.310 e. The third-order valence-corrected chi connectivity index (χ3v) is 3.73. The molecule has 1 fully saturated rings. The molecule has 0 amide bonds. The molecule has 1 aliphatic rings. The SMILES string of the molecule is CCCNC(CCC1CC1)c1cc(C)ccc1F. The Hall–Kier alpha value is -0.890. The molecule has 2 heteroatoms. The maximum atomic E-state index is 13.9. The molecule has 0 aromatic heterocycles. The quantitative estimate of drug-likeness (QED) is 0.757. The average molecular weight is 249 g/mol. The number of hydrogen-bond donors (Lipinski definition) is 1. The summed E-state index contributed by atoms with van der Waals surface area (Å²) in [6.07, 6.45) is 6.13. The fourth-order valence-electron chi connectivity index (χ4n) is 2.43. The molecule has 0 aliphatic heterocycles. The van der Waals surface area contributed by atoms with E-state index in [0.717, 1.165) is 36.4 Å². The second-order valence-corrected chi connectivity index (χ2v) is 5.55. The summed E-state index contributed by atoms with van der Waals surface area (Å²) >= 11 is 0. The van der Waals surface area contributed by atoms with Crippen LogP contribution in [-0.2, 0) is 0 Å². The molecule has 1 saturated carbocycles. The van der Waals surface area contributed by atoms with Crippen molar-refractivity contribution in [2.75, 3.05) is 6.54 Å². The lowest BCUT2D eigenvalue weighted by Crippen LogP contribution is -2.23. The van der Waals surface area contributed by atoms with Crippen LogP contribution in [0.15, 0.2) is 18.2 Å². The molecule has 0 bridgehead atoms. The van der Waals surface area contributed by atoms with Crippen LogP contribution in [0.1, 0.15) is 56.2 Å². The van der Waals surface area contributed by atoms with Crippen LogP contribution in [0.25, 0.3) is 0 Å². The van der Waals surface area contributed by atoms with Gasteiger partial charge < -0.3 is 5.32 Å². The summed E-state index contributed by atoms with van der Waals surface area (Å²) in [5.41, 5.74) is 1.99. The van der Waals surface area contributed by atoms with Crippen LogP contribution < -0.4 is 5.32 Å². The van der Waals surface area contributed by atoms with Gasteiger partial charge in [-0.25, -0.2) is 4.39 Å². The van der Waals surface area contributed by atoms with Crippen molar-refractivity contribution in [1.82, 2.24) is 5.32 Å². The highest BCUT2D eigenvalue weighted by Gasteiger charge is 2.24. The standard InChI is InChI=1S/C16H24FN/c1-3-10-18-16(9-7-13-5-6-13)14-11-12(2)4-8-15(14)17/h4,8,11,13,16,18H,3,5-7,9-10H2,1-2H3. The molecule has 1 nitrogen and oxygen atoms in total. The van der Waals surface area contributed by atoms with Crippen molar-refractivity contribution in [2.24, 2.45) is 5.92 Å². The van der Waals surface area contributed by atoms with E-state index in [1.165, 1.54) is 19.3 Å². The number of halogens is 1. The molecule has 1 atom stereocenters. The number of nitrogens with one attached hydrogen (secondary N) is 1. The van der Waals surface area contributed by atoms with Gasteiger partial charge in [-0.05, 0) is 44.7 Å². The Morgan fingerprint density at radius 1 is 1.39 bits per heavy atom. The number of benzene rings is 1. The molecule has 100 valence electrons. The lowest BCUT2D eigenvalue weighted by Gasteiger charge is -2.20. The zero-order valence-electron chi connectivity index (χ0n) is 11.5. The van der Waals surface area contributed by atoms with Crippen molar-refractivity contribution in [3.8, 4) is 0 Å². The predicted octanol–water partition coefficient (Wildman–Crippen LogP) is 4.37. The highest BCUT2D eigenvalue weighted by atomic mass is 19.1. The molecule has 1 N–H and O–H groups in total. The molecule has 0 radical (unpaired) electrons. The van der Waals surface area contributed by atoms with E-state index in [2.05, 4.69) is 12.2 Å². The Morgan fingerprint density at radius 2 is 2.17 bits per heavy atom. The van der Waals surface area contributed by atoms with Gasteiger partial charge in [0.25, 0.3) is 0 Å². The zero-order valence-corrected chi connectivity index (χ0v) is 11.5. The summed E-state index contributed by atoms with van der Waals surface area (Å²) in [4.78, 5) is 0. The summed E-state index contributed by atoms with van der Waals surface area (Å²) in [6, 6.07) is 5.62. The highest BCUT2D eigenvalue weighted by molar-refractivity contribution is 5.27. The first-order valence-electron chi connectivity index (χ1n) is 7.20. The smallest absolute Gasteiger partial charge is 0.127 e. The van der Waals surface area contributed by atoms with Gasteiger partial charge >= 0.3 is 0 Å². The third-order valence-electron chi connectivity index (χ3n) is 3.73. The lowest BCUT2D eigenvalue weighted by molar-refractivity contribution is 0.450. The van der Waals surface area contributed by atoms with Crippen LogP contribution in [-0.4, -0.2) is 6.54 Å². The molecule has 2 rings (SSSR count). The van der Waals surface area contributed by atoms with E-state index in [4.69, 9.17) is 0 Å². The summed E-state index contributed by atoms with van der Waals surface area (Å²) in [5, 5.41) is 3.50. The molecule has 1 aliphatic carbocycles. The Labute approximate surface area is 110 Å². The molecule has 1 aromatic rings. The summed E-state index contributed by atoms with van der Waals surface area (Å²) in [6.45, 7) is 5.14. The maximum absolute atomic E-state index is 13.9. The molecule has 1 unspecified atom stereocenters. The summed E-state index contributed by atoms with van der Waals surface area (Å²) < 4.78 is 13.9. The Kier molecular flexibility index (Phi) is 4.76. The van der Waals surface area contributed by atoms with E-state index in [0.29, 0.717) is 0 Å². The van der Waals surface area contributed by atoms with Crippen molar-refractivity contribution >= 4 is 0 Å². The number of rotatable bonds is 7. The van der Waals surface area contributed by atoms with Crippen LogP contribution >= 0.6 is 0 Å². The van der Waals surface area contributed by atoms with Gasteiger partial charge in [0.15, 0.2) is 0 Å². The van der Waals surface area contributed by atoms with Gasteiger partial charge in [-0.2, -0.15) is 0 Å². The predicted molar refractivity (Wildman–Crippen MR) is 74.1 cm³/mol. The van der Waals surface area contributed by atoms with E-state index >= 15 is 0 Å². The van der Waals surface area contributed by atoms with Crippen molar-refractivity contribution < 1.29 is 4.39 Å². The van der Waals surface area contributed by atoms with E-state index in [-0.39, 0.29) is 11.9 Å².